The van der Waals surface area contributed by atoms with Crippen LogP contribution in [0.3, 0.4) is 0 Å². The second kappa shape index (κ2) is 6.48. The van der Waals surface area contributed by atoms with E-state index in [-0.39, 0.29) is 5.69 Å². The van der Waals surface area contributed by atoms with Crippen LogP contribution >= 0.6 is 0 Å². The lowest BCUT2D eigenvalue weighted by atomic mass is 10.2. The largest absolute Gasteiger partial charge is 0.339 e. The zero-order valence-corrected chi connectivity index (χ0v) is 13.4. The number of hydrogen-bond acceptors (Lipinski definition) is 3. The molecule has 4 aromatic rings. The van der Waals surface area contributed by atoms with Gasteiger partial charge in [-0.3, -0.25) is 0 Å². The van der Waals surface area contributed by atoms with E-state index in [0.29, 0.717) is 22.5 Å². The molecule has 0 unspecified atom stereocenters. The fraction of sp³-hybridized carbons (Fsp3) is 0. The first-order valence-electron chi connectivity index (χ1n) is 7.85. The molecule has 0 saturated heterocycles. The number of benzene rings is 3. The molecule has 128 valence electrons. The maximum Gasteiger partial charge on any atom is 0.194 e. The van der Waals surface area contributed by atoms with Crippen LogP contribution in [0.4, 0.5) is 24.7 Å². The molecule has 0 aliphatic rings. The molecule has 4 rings (SSSR count). The topological polar surface area (TPSA) is 37.8 Å². The van der Waals surface area contributed by atoms with Crippen LogP contribution in [-0.4, -0.2) is 9.97 Å². The fourth-order valence-corrected chi connectivity index (χ4v) is 2.65. The summed E-state index contributed by atoms with van der Waals surface area (Å²) < 4.78 is 40.2. The summed E-state index contributed by atoms with van der Waals surface area (Å²) in [6.07, 6.45) is 0. The first kappa shape index (κ1) is 16.1. The van der Waals surface area contributed by atoms with Gasteiger partial charge in [0.15, 0.2) is 23.3 Å². The van der Waals surface area contributed by atoms with E-state index in [1.54, 1.807) is 6.07 Å². The summed E-state index contributed by atoms with van der Waals surface area (Å²) in [5.41, 5.74) is 1.54. The molecular formula is C20H12F3N3. The molecule has 0 saturated carbocycles. The molecule has 0 radical (unpaired) electrons. The van der Waals surface area contributed by atoms with E-state index in [0.717, 1.165) is 17.7 Å². The number of rotatable bonds is 3. The number of hydrogen-bond donors (Lipinski definition) is 1. The lowest BCUT2D eigenvalue weighted by molar-refractivity contribution is 0.448. The lowest BCUT2D eigenvalue weighted by Gasteiger charge is -2.11. The number of fused-ring (bicyclic) bond motifs is 1. The second-order valence-electron chi connectivity index (χ2n) is 5.66. The number of nitrogens with zero attached hydrogens (tertiary/aromatic N) is 2. The highest BCUT2D eigenvalue weighted by molar-refractivity contribution is 5.92. The summed E-state index contributed by atoms with van der Waals surface area (Å²) in [5.74, 6) is -3.20. The minimum Gasteiger partial charge on any atom is -0.339 e. The van der Waals surface area contributed by atoms with Gasteiger partial charge in [0.1, 0.15) is 5.82 Å². The molecule has 1 N–H and O–H groups in total. The predicted molar refractivity (Wildman–Crippen MR) is 94.6 cm³/mol. The number of para-hydroxylation sites is 1. The van der Waals surface area contributed by atoms with Crippen LogP contribution in [-0.2, 0) is 0 Å². The van der Waals surface area contributed by atoms with E-state index in [9.17, 15) is 13.2 Å². The molecule has 1 heterocycles. The zero-order chi connectivity index (χ0) is 18.1. The fourth-order valence-electron chi connectivity index (χ4n) is 2.65. The van der Waals surface area contributed by atoms with Crippen molar-refractivity contribution < 1.29 is 13.2 Å². The molecule has 0 fully saturated rings. The van der Waals surface area contributed by atoms with Crippen molar-refractivity contribution in [2.75, 3.05) is 5.32 Å². The Labute approximate surface area is 147 Å². The number of anilines is 2. The maximum absolute atomic E-state index is 13.5. The van der Waals surface area contributed by atoms with Gasteiger partial charge >= 0.3 is 0 Å². The molecule has 0 spiro atoms. The van der Waals surface area contributed by atoms with Crippen LogP contribution in [0.5, 0.6) is 0 Å². The minimum atomic E-state index is -1.51. The van der Waals surface area contributed by atoms with E-state index < -0.39 is 17.5 Å². The monoisotopic (exact) mass is 351 g/mol. The average molecular weight is 351 g/mol. The van der Waals surface area contributed by atoms with Crippen LogP contribution in [0, 0.1) is 17.5 Å². The molecule has 3 nitrogen and oxygen atoms in total. The molecule has 6 heteroatoms. The SMILES string of the molecule is Fc1cc(Nc2nc(-c3ccccc3)nc3ccccc23)cc(F)c1F. The normalized spacial score (nSPS) is 10.9. The molecule has 1 aromatic heterocycles. The quantitative estimate of drug-likeness (QED) is 0.498. The first-order chi connectivity index (χ1) is 12.6. The van der Waals surface area contributed by atoms with Gasteiger partial charge in [0.2, 0.25) is 0 Å². The van der Waals surface area contributed by atoms with E-state index in [2.05, 4.69) is 15.3 Å². The van der Waals surface area contributed by atoms with Crippen LogP contribution in [0.15, 0.2) is 66.7 Å². The smallest absolute Gasteiger partial charge is 0.194 e. The van der Waals surface area contributed by atoms with Gasteiger partial charge in [-0.15, -0.1) is 0 Å². The Balaban J connectivity index is 1.86. The van der Waals surface area contributed by atoms with Crippen molar-refractivity contribution >= 4 is 22.4 Å². The summed E-state index contributed by atoms with van der Waals surface area (Å²) in [6, 6.07) is 18.4. The highest BCUT2D eigenvalue weighted by Crippen LogP contribution is 2.28. The molecule has 0 aliphatic heterocycles. The Morgan fingerprint density at radius 3 is 2.12 bits per heavy atom. The van der Waals surface area contributed by atoms with Gasteiger partial charge in [-0.1, -0.05) is 42.5 Å². The lowest BCUT2D eigenvalue weighted by Crippen LogP contribution is -2.01. The average Bonchev–Trinajstić information content (AvgIpc) is 2.66. The van der Waals surface area contributed by atoms with Crippen molar-refractivity contribution in [2.24, 2.45) is 0 Å². The van der Waals surface area contributed by atoms with Gasteiger partial charge in [-0.25, -0.2) is 23.1 Å². The highest BCUT2D eigenvalue weighted by atomic mass is 19.2. The molecular weight excluding hydrogens is 339 g/mol. The molecule has 0 bridgehead atoms. The Kier molecular flexibility index (Phi) is 4.01. The van der Waals surface area contributed by atoms with Crippen LogP contribution in [0.1, 0.15) is 0 Å². The summed E-state index contributed by atoms with van der Waals surface area (Å²) in [4.78, 5) is 9.03. The van der Waals surface area contributed by atoms with E-state index in [1.807, 2.05) is 48.5 Å². The van der Waals surface area contributed by atoms with Crippen molar-refractivity contribution in [1.82, 2.24) is 9.97 Å². The molecule has 3 aromatic carbocycles. The Hall–Kier alpha value is -3.41. The van der Waals surface area contributed by atoms with Gasteiger partial charge in [-0.05, 0) is 12.1 Å². The van der Waals surface area contributed by atoms with Crippen LogP contribution in [0.25, 0.3) is 22.3 Å². The van der Waals surface area contributed by atoms with Crippen LogP contribution < -0.4 is 5.32 Å². The Morgan fingerprint density at radius 2 is 1.38 bits per heavy atom. The van der Waals surface area contributed by atoms with Gasteiger partial charge in [0, 0.05) is 28.8 Å². The second-order valence-corrected chi connectivity index (χ2v) is 5.66. The molecule has 0 atom stereocenters. The van der Waals surface area contributed by atoms with Crippen molar-refractivity contribution in [1.29, 1.82) is 0 Å². The summed E-state index contributed by atoms with van der Waals surface area (Å²) in [7, 11) is 0. The van der Waals surface area contributed by atoms with E-state index >= 15 is 0 Å². The van der Waals surface area contributed by atoms with Gasteiger partial charge in [0.25, 0.3) is 0 Å². The van der Waals surface area contributed by atoms with Crippen molar-refractivity contribution in [3.05, 3.63) is 84.2 Å². The minimum absolute atomic E-state index is 0.0595. The number of aromatic nitrogens is 2. The Morgan fingerprint density at radius 1 is 0.731 bits per heavy atom. The van der Waals surface area contributed by atoms with E-state index in [1.165, 1.54) is 0 Å². The predicted octanol–water partition coefficient (Wildman–Crippen LogP) is 5.46. The molecule has 0 amide bonds. The first-order valence-corrected chi connectivity index (χ1v) is 7.85. The van der Waals surface area contributed by atoms with Crippen molar-refractivity contribution in [2.45, 2.75) is 0 Å². The third-order valence-electron chi connectivity index (χ3n) is 3.88. The number of halogens is 3. The summed E-state index contributed by atoms with van der Waals surface area (Å²) in [6.45, 7) is 0. The van der Waals surface area contributed by atoms with Crippen molar-refractivity contribution in [3.8, 4) is 11.4 Å². The summed E-state index contributed by atoms with van der Waals surface area (Å²) >= 11 is 0. The standard InChI is InChI=1S/C20H12F3N3/c21-15-10-13(11-16(22)18(15)23)24-20-14-8-4-5-9-17(14)25-19(26-20)12-6-2-1-3-7-12/h1-11H,(H,24,25,26). The maximum atomic E-state index is 13.5. The zero-order valence-electron chi connectivity index (χ0n) is 13.4. The molecule has 26 heavy (non-hydrogen) atoms. The van der Waals surface area contributed by atoms with Gasteiger partial charge in [0.05, 0.1) is 5.52 Å². The molecule has 0 aliphatic carbocycles. The summed E-state index contributed by atoms with van der Waals surface area (Å²) in [5, 5.41) is 3.55. The van der Waals surface area contributed by atoms with E-state index in [4.69, 9.17) is 0 Å². The number of nitrogens with one attached hydrogen (secondary N) is 1. The third-order valence-corrected chi connectivity index (χ3v) is 3.88. The van der Waals surface area contributed by atoms with Gasteiger partial charge < -0.3 is 5.32 Å². The van der Waals surface area contributed by atoms with Gasteiger partial charge in [-0.2, -0.15) is 0 Å². The Bertz CT molecular complexity index is 1070. The third kappa shape index (κ3) is 2.97. The van der Waals surface area contributed by atoms with Crippen molar-refractivity contribution in [3.63, 3.8) is 0 Å². The van der Waals surface area contributed by atoms with Crippen LogP contribution in [0.2, 0.25) is 0 Å². The highest BCUT2D eigenvalue weighted by Gasteiger charge is 2.13.